The summed E-state index contributed by atoms with van der Waals surface area (Å²) in [6.07, 6.45) is 4.80. The molecule has 2 aromatic heterocycles. The van der Waals surface area contributed by atoms with E-state index in [1.54, 1.807) is 12.1 Å². The van der Waals surface area contributed by atoms with Crippen LogP contribution in [0.3, 0.4) is 0 Å². The summed E-state index contributed by atoms with van der Waals surface area (Å²) in [5.74, 6) is -0.259. The predicted molar refractivity (Wildman–Crippen MR) is 118 cm³/mol. The molecule has 11 heteroatoms. The number of nitrogens with zero attached hydrogens (tertiary/aromatic N) is 3. The molecule has 32 heavy (non-hydrogen) atoms. The Kier molecular flexibility index (Phi) is 6.20. The van der Waals surface area contributed by atoms with E-state index < -0.39 is 15.9 Å². The van der Waals surface area contributed by atoms with Crippen molar-refractivity contribution in [2.24, 2.45) is 11.7 Å². The van der Waals surface area contributed by atoms with Crippen molar-refractivity contribution in [1.82, 2.24) is 9.29 Å². The number of amides is 2. The fourth-order valence-electron chi connectivity index (χ4n) is 4.16. The number of carbonyl (C=O) groups is 2. The number of furan rings is 1. The Labute approximate surface area is 186 Å². The van der Waals surface area contributed by atoms with Crippen molar-refractivity contribution in [3.8, 4) is 0 Å². The second kappa shape index (κ2) is 8.91. The van der Waals surface area contributed by atoms with Crippen LogP contribution in [0.2, 0.25) is 0 Å². The van der Waals surface area contributed by atoms with Crippen molar-refractivity contribution in [1.29, 1.82) is 0 Å². The van der Waals surface area contributed by atoms with Crippen LogP contribution in [0.15, 0.2) is 33.7 Å². The first-order chi connectivity index (χ1) is 15.3. The molecule has 0 spiro atoms. The highest BCUT2D eigenvalue weighted by Gasteiger charge is 2.32. The number of rotatable bonds is 6. The van der Waals surface area contributed by atoms with Crippen LogP contribution in [0.1, 0.15) is 42.0 Å². The Bertz CT molecular complexity index is 1110. The normalized spacial score (nSPS) is 19.8. The van der Waals surface area contributed by atoms with Gasteiger partial charge in [0.15, 0.2) is 5.76 Å². The minimum Gasteiger partial charge on any atom is -0.455 e. The molecule has 2 fully saturated rings. The minimum absolute atomic E-state index is 0.0205. The Morgan fingerprint density at radius 3 is 2.59 bits per heavy atom. The van der Waals surface area contributed by atoms with Crippen LogP contribution in [-0.2, 0) is 14.8 Å². The second-order valence-electron chi connectivity index (χ2n) is 8.19. The summed E-state index contributed by atoms with van der Waals surface area (Å²) in [4.78, 5) is 30.5. The quantitative estimate of drug-likeness (QED) is 0.668. The van der Waals surface area contributed by atoms with E-state index in [1.807, 2.05) is 4.90 Å². The van der Waals surface area contributed by atoms with Gasteiger partial charge >= 0.3 is 0 Å². The highest BCUT2D eigenvalue weighted by Crippen LogP contribution is 2.27. The van der Waals surface area contributed by atoms with E-state index in [1.165, 1.54) is 23.5 Å². The van der Waals surface area contributed by atoms with Crippen LogP contribution >= 0.6 is 0 Å². The van der Waals surface area contributed by atoms with E-state index >= 15 is 0 Å². The van der Waals surface area contributed by atoms with Gasteiger partial charge in [-0.2, -0.15) is 4.31 Å². The molecule has 0 aromatic carbocycles. The van der Waals surface area contributed by atoms with Crippen molar-refractivity contribution in [2.75, 3.05) is 36.4 Å². The summed E-state index contributed by atoms with van der Waals surface area (Å²) in [7, 11) is -3.67. The molecule has 3 N–H and O–H groups in total. The maximum Gasteiger partial charge on any atom is 0.291 e. The van der Waals surface area contributed by atoms with Crippen molar-refractivity contribution in [3.05, 3.63) is 35.9 Å². The molecular weight excluding hydrogens is 434 g/mol. The topological polar surface area (TPSA) is 139 Å². The molecule has 2 amide bonds. The first-order valence-electron chi connectivity index (χ1n) is 10.7. The number of primary amides is 1. The molecule has 2 aliphatic rings. The molecule has 172 valence electrons. The van der Waals surface area contributed by atoms with Gasteiger partial charge in [0.1, 0.15) is 16.5 Å². The molecule has 0 saturated carbocycles. The van der Waals surface area contributed by atoms with Crippen molar-refractivity contribution < 1.29 is 22.4 Å². The lowest BCUT2D eigenvalue weighted by molar-refractivity contribution is -0.122. The second-order valence-corrected chi connectivity index (χ2v) is 10.1. The van der Waals surface area contributed by atoms with Crippen LogP contribution in [0.5, 0.6) is 0 Å². The number of sulfonamides is 1. The molecule has 0 radical (unpaired) electrons. The smallest absolute Gasteiger partial charge is 0.291 e. The molecule has 1 unspecified atom stereocenters. The van der Waals surface area contributed by atoms with E-state index in [2.05, 4.69) is 10.3 Å². The summed E-state index contributed by atoms with van der Waals surface area (Å²) >= 11 is 0. The first-order valence-corrected chi connectivity index (χ1v) is 12.1. The molecule has 4 rings (SSSR count). The largest absolute Gasteiger partial charge is 0.455 e. The number of pyridine rings is 1. The van der Waals surface area contributed by atoms with Gasteiger partial charge in [-0.15, -0.1) is 0 Å². The lowest BCUT2D eigenvalue weighted by atomic mass is 9.97. The van der Waals surface area contributed by atoms with E-state index in [-0.39, 0.29) is 28.2 Å². The fraction of sp³-hybridized carbons (Fsp3) is 0.476. The van der Waals surface area contributed by atoms with Crippen LogP contribution in [0.25, 0.3) is 0 Å². The SMILES string of the molecule is Cc1oc(C(=O)Nc2ccc(N3CCCC(C(N)=O)C3)nc2)cc1S(=O)(=O)N1CCCC1. The predicted octanol–water partition coefficient (Wildman–Crippen LogP) is 1.72. The highest BCUT2D eigenvalue weighted by molar-refractivity contribution is 7.89. The number of hydrogen-bond donors (Lipinski definition) is 2. The summed E-state index contributed by atoms with van der Waals surface area (Å²) in [5, 5.41) is 2.68. The van der Waals surface area contributed by atoms with Gasteiger partial charge in [0, 0.05) is 32.2 Å². The number of hydrogen-bond acceptors (Lipinski definition) is 7. The van der Waals surface area contributed by atoms with Gasteiger partial charge in [-0.05, 0) is 44.7 Å². The third-order valence-electron chi connectivity index (χ3n) is 5.93. The number of piperidine rings is 1. The Balaban J connectivity index is 1.44. The van der Waals surface area contributed by atoms with Gasteiger partial charge in [0.2, 0.25) is 15.9 Å². The fourth-order valence-corrected chi connectivity index (χ4v) is 5.84. The molecule has 10 nitrogen and oxygen atoms in total. The van der Waals surface area contributed by atoms with E-state index in [4.69, 9.17) is 10.2 Å². The lowest BCUT2D eigenvalue weighted by Crippen LogP contribution is -2.41. The number of nitrogens with two attached hydrogens (primary N) is 1. The van der Waals surface area contributed by atoms with Gasteiger partial charge in [0.25, 0.3) is 5.91 Å². The van der Waals surface area contributed by atoms with E-state index in [0.717, 1.165) is 32.2 Å². The summed E-state index contributed by atoms with van der Waals surface area (Å²) in [5.41, 5.74) is 5.88. The molecule has 2 saturated heterocycles. The molecule has 2 aliphatic heterocycles. The van der Waals surface area contributed by atoms with Gasteiger partial charge in [-0.25, -0.2) is 13.4 Å². The van der Waals surface area contributed by atoms with Crippen molar-refractivity contribution in [3.63, 3.8) is 0 Å². The first kappa shape index (κ1) is 22.3. The minimum atomic E-state index is -3.67. The zero-order valence-corrected chi connectivity index (χ0v) is 18.7. The Morgan fingerprint density at radius 2 is 1.94 bits per heavy atom. The molecule has 1 atom stereocenters. The van der Waals surface area contributed by atoms with Gasteiger partial charge in [0.05, 0.1) is 17.8 Å². The van der Waals surface area contributed by atoms with Crippen LogP contribution < -0.4 is 16.0 Å². The van der Waals surface area contributed by atoms with E-state index in [0.29, 0.717) is 31.1 Å². The van der Waals surface area contributed by atoms with Gasteiger partial charge < -0.3 is 20.4 Å². The lowest BCUT2D eigenvalue weighted by Gasteiger charge is -2.32. The Morgan fingerprint density at radius 1 is 1.19 bits per heavy atom. The summed E-state index contributed by atoms with van der Waals surface area (Å²) in [6, 6.07) is 4.74. The third-order valence-corrected chi connectivity index (χ3v) is 7.94. The standard InChI is InChI=1S/C21H27N5O5S/c1-14-18(32(29,30)26-9-2-3-10-26)11-17(31-14)21(28)24-16-6-7-19(23-12-16)25-8-4-5-15(13-25)20(22)27/h6-7,11-12,15H,2-5,8-10,13H2,1H3,(H2,22,27)(H,24,28). The maximum absolute atomic E-state index is 12.8. The molecule has 4 heterocycles. The number of aryl methyl sites for hydroxylation is 1. The zero-order valence-electron chi connectivity index (χ0n) is 17.9. The zero-order chi connectivity index (χ0) is 22.9. The third kappa shape index (κ3) is 4.49. The monoisotopic (exact) mass is 461 g/mol. The van der Waals surface area contributed by atoms with Gasteiger partial charge in [-0.1, -0.05) is 0 Å². The molecule has 0 bridgehead atoms. The average Bonchev–Trinajstić information content (AvgIpc) is 3.45. The summed E-state index contributed by atoms with van der Waals surface area (Å²) in [6.45, 7) is 3.79. The number of anilines is 2. The molecule has 0 aliphatic carbocycles. The average molecular weight is 462 g/mol. The number of carbonyl (C=O) groups excluding carboxylic acids is 2. The Hall–Kier alpha value is -2.92. The van der Waals surface area contributed by atoms with Crippen molar-refractivity contribution >= 4 is 33.3 Å². The van der Waals surface area contributed by atoms with Crippen molar-refractivity contribution in [2.45, 2.75) is 37.5 Å². The van der Waals surface area contributed by atoms with E-state index in [9.17, 15) is 18.0 Å². The molecule has 2 aromatic rings. The number of aromatic nitrogens is 1. The van der Waals surface area contributed by atoms with Crippen LogP contribution in [-0.4, -0.2) is 55.7 Å². The van der Waals surface area contributed by atoms with Crippen LogP contribution in [0.4, 0.5) is 11.5 Å². The van der Waals surface area contributed by atoms with Gasteiger partial charge in [-0.3, -0.25) is 9.59 Å². The van der Waals surface area contributed by atoms with Crippen LogP contribution in [0, 0.1) is 12.8 Å². The maximum atomic E-state index is 12.8. The number of nitrogens with one attached hydrogen (secondary N) is 1. The molecular formula is C21H27N5O5S. The highest BCUT2D eigenvalue weighted by atomic mass is 32.2. The summed E-state index contributed by atoms with van der Waals surface area (Å²) < 4.78 is 32.5.